The number of hydrogen-bond donors (Lipinski definition) is 1. The number of aromatic nitrogens is 1. The molecule has 1 heterocycles. The van der Waals surface area contributed by atoms with Crippen LogP contribution in [0, 0.1) is 0 Å². The lowest BCUT2D eigenvalue weighted by Crippen LogP contribution is -2.26. The van der Waals surface area contributed by atoms with Crippen molar-refractivity contribution < 1.29 is 9.15 Å². The standard InChI is InChI=1S/C17H25N3O2/c1-13(2)22-15-7-5-14(6-8-15)17-16(21-12-19-17)11-20(4)10-9-18-3/h5-8,12-13,18H,9-11H2,1-4H3. The Balaban J connectivity index is 2.08. The Morgan fingerprint density at radius 2 is 2.00 bits per heavy atom. The summed E-state index contributed by atoms with van der Waals surface area (Å²) in [6, 6.07) is 7.98. The Bertz CT molecular complexity index is 564. The van der Waals surface area contributed by atoms with E-state index in [9.17, 15) is 0 Å². The van der Waals surface area contributed by atoms with Gasteiger partial charge in [0, 0.05) is 18.7 Å². The molecule has 0 bridgehead atoms. The first-order valence-electron chi connectivity index (χ1n) is 7.62. The molecule has 0 aliphatic heterocycles. The zero-order valence-corrected chi connectivity index (χ0v) is 13.8. The first-order chi connectivity index (χ1) is 10.6. The Hall–Kier alpha value is -1.85. The molecule has 2 rings (SSSR count). The SMILES string of the molecule is CNCCN(C)Cc1ocnc1-c1ccc(OC(C)C)cc1. The molecule has 5 heteroatoms. The van der Waals surface area contributed by atoms with Gasteiger partial charge in [-0.2, -0.15) is 0 Å². The molecular formula is C17H25N3O2. The highest BCUT2D eigenvalue weighted by molar-refractivity contribution is 5.61. The molecule has 0 atom stereocenters. The summed E-state index contributed by atoms with van der Waals surface area (Å²) in [5.41, 5.74) is 1.94. The van der Waals surface area contributed by atoms with Crippen LogP contribution in [0.15, 0.2) is 35.1 Å². The van der Waals surface area contributed by atoms with Gasteiger partial charge >= 0.3 is 0 Å². The third-order valence-electron chi connectivity index (χ3n) is 3.30. The van der Waals surface area contributed by atoms with E-state index < -0.39 is 0 Å². The summed E-state index contributed by atoms with van der Waals surface area (Å²) in [6.07, 6.45) is 1.68. The van der Waals surface area contributed by atoms with Gasteiger partial charge < -0.3 is 14.5 Å². The van der Waals surface area contributed by atoms with Crippen molar-refractivity contribution in [3.8, 4) is 17.0 Å². The predicted molar refractivity (Wildman–Crippen MR) is 88.0 cm³/mol. The lowest BCUT2D eigenvalue weighted by Gasteiger charge is -2.15. The van der Waals surface area contributed by atoms with E-state index in [4.69, 9.17) is 9.15 Å². The number of benzene rings is 1. The number of likely N-dealkylation sites (N-methyl/N-ethyl adjacent to an activating group) is 2. The highest BCUT2D eigenvalue weighted by atomic mass is 16.5. The Morgan fingerprint density at radius 1 is 1.27 bits per heavy atom. The van der Waals surface area contributed by atoms with Crippen LogP contribution in [0.1, 0.15) is 19.6 Å². The van der Waals surface area contributed by atoms with Crippen molar-refractivity contribution in [2.45, 2.75) is 26.5 Å². The fourth-order valence-corrected chi connectivity index (χ4v) is 2.21. The zero-order valence-electron chi connectivity index (χ0n) is 13.8. The van der Waals surface area contributed by atoms with Crippen LogP contribution in [0.4, 0.5) is 0 Å². The van der Waals surface area contributed by atoms with E-state index in [1.807, 2.05) is 45.2 Å². The van der Waals surface area contributed by atoms with Crippen molar-refractivity contribution in [3.63, 3.8) is 0 Å². The van der Waals surface area contributed by atoms with E-state index in [0.29, 0.717) is 0 Å². The summed E-state index contributed by atoms with van der Waals surface area (Å²) in [5.74, 6) is 1.76. The molecule has 5 nitrogen and oxygen atoms in total. The maximum Gasteiger partial charge on any atom is 0.181 e. The smallest absolute Gasteiger partial charge is 0.181 e. The highest BCUT2D eigenvalue weighted by Crippen LogP contribution is 2.25. The van der Waals surface area contributed by atoms with Gasteiger partial charge in [0.1, 0.15) is 17.2 Å². The molecule has 0 unspecified atom stereocenters. The molecule has 22 heavy (non-hydrogen) atoms. The van der Waals surface area contributed by atoms with E-state index in [1.54, 1.807) is 0 Å². The van der Waals surface area contributed by atoms with Gasteiger partial charge in [0.2, 0.25) is 0 Å². The lowest BCUT2D eigenvalue weighted by atomic mass is 10.1. The number of rotatable bonds is 8. The van der Waals surface area contributed by atoms with Crippen molar-refractivity contribution >= 4 is 0 Å². The Morgan fingerprint density at radius 3 is 2.64 bits per heavy atom. The maximum absolute atomic E-state index is 5.67. The van der Waals surface area contributed by atoms with E-state index in [1.165, 1.54) is 6.39 Å². The van der Waals surface area contributed by atoms with Crippen molar-refractivity contribution in [1.29, 1.82) is 0 Å². The predicted octanol–water partition coefficient (Wildman–Crippen LogP) is 2.78. The summed E-state index contributed by atoms with van der Waals surface area (Å²) in [6.45, 7) is 6.68. The molecule has 120 valence electrons. The number of hydrogen-bond acceptors (Lipinski definition) is 5. The van der Waals surface area contributed by atoms with Gasteiger partial charge in [-0.15, -0.1) is 0 Å². The first kappa shape index (κ1) is 16.5. The molecule has 0 saturated carbocycles. The fourth-order valence-electron chi connectivity index (χ4n) is 2.21. The number of oxazole rings is 1. The first-order valence-corrected chi connectivity index (χ1v) is 7.62. The molecule has 0 saturated heterocycles. The van der Waals surface area contributed by atoms with Gasteiger partial charge in [0.15, 0.2) is 6.39 Å². The molecule has 1 aromatic carbocycles. The van der Waals surface area contributed by atoms with Gasteiger partial charge in [-0.05, 0) is 52.2 Å². The number of ether oxygens (including phenoxy) is 1. The fraction of sp³-hybridized carbons (Fsp3) is 0.471. The second-order valence-electron chi connectivity index (χ2n) is 5.66. The monoisotopic (exact) mass is 303 g/mol. The van der Waals surface area contributed by atoms with Crippen LogP contribution in [0.2, 0.25) is 0 Å². The topological polar surface area (TPSA) is 50.5 Å². The average Bonchev–Trinajstić information content (AvgIpc) is 2.93. The van der Waals surface area contributed by atoms with Crippen LogP contribution in [-0.2, 0) is 6.54 Å². The van der Waals surface area contributed by atoms with Gasteiger partial charge in [-0.3, -0.25) is 4.90 Å². The molecule has 0 aliphatic rings. The van der Waals surface area contributed by atoms with Crippen LogP contribution >= 0.6 is 0 Å². The molecule has 0 fully saturated rings. The van der Waals surface area contributed by atoms with E-state index in [0.717, 1.165) is 42.4 Å². The third-order valence-corrected chi connectivity index (χ3v) is 3.30. The minimum atomic E-state index is 0.175. The molecular weight excluding hydrogens is 278 g/mol. The van der Waals surface area contributed by atoms with Gasteiger partial charge in [-0.25, -0.2) is 4.98 Å². The van der Waals surface area contributed by atoms with Gasteiger partial charge in [-0.1, -0.05) is 0 Å². The Kier molecular flexibility index (Phi) is 5.98. The molecule has 0 spiro atoms. The summed E-state index contributed by atoms with van der Waals surface area (Å²) in [4.78, 5) is 6.57. The molecule has 0 amide bonds. The van der Waals surface area contributed by atoms with Crippen LogP contribution in [0.3, 0.4) is 0 Å². The second kappa shape index (κ2) is 7.96. The van der Waals surface area contributed by atoms with E-state index in [-0.39, 0.29) is 6.10 Å². The van der Waals surface area contributed by atoms with Crippen molar-refractivity contribution in [2.24, 2.45) is 0 Å². The minimum absolute atomic E-state index is 0.175. The lowest BCUT2D eigenvalue weighted by molar-refractivity contribution is 0.242. The van der Waals surface area contributed by atoms with Crippen molar-refractivity contribution in [1.82, 2.24) is 15.2 Å². The van der Waals surface area contributed by atoms with Crippen LogP contribution in [-0.4, -0.2) is 43.2 Å². The van der Waals surface area contributed by atoms with E-state index >= 15 is 0 Å². The van der Waals surface area contributed by atoms with Crippen molar-refractivity contribution in [3.05, 3.63) is 36.4 Å². The van der Waals surface area contributed by atoms with Gasteiger partial charge in [0.25, 0.3) is 0 Å². The van der Waals surface area contributed by atoms with Crippen LogP contribution < -0.4 is 10.1 Å². The summed E-state index contributed by atoms with van der Waals surface area (Å²) in [7, 11) is 4.03. The molecule has 0 aliphatic carbocycles. The van der Waals surface area contributed by atoms with Crippen molar-refractivity contribution in [2.75, 3.05) is 27.2 Å². The highest BCUT2D eigenvalue weighted by Gasteiger charge is 2.13. The second-order valence-corrected chi connectivity index (χ2v) is 5.66. The largest absolute Gasteiger partial charge is 0.491 e. The number of nitrogens with one attached hydrogen (secondary N) is 1. The van der Waals surface area contributed by atoms with Crippen LogP contribution in [0.25, 0.3) is 11.3 Å². The number of nitrogens with zero attached hydrogens (tertiary/aromatic N) is 2. The van der Waals surface area contributed by atoms with E-state index in [2.05, 4.69) is 22.2 Å². The summed E-state index contributed by atoms with van der Waals surface area (Å²) < 4.78 is 11.2. The average molecular weight is 303 g/mol. The zero-order chi connectivity index (χ0) is 15.9. The quantitative estimate of drug-likeness (QED) is 0.812. The molecule has 0 radical (unpaired) electrons. The molecule has 1 N–H and O–H groups in total. The summed E-state index contributed by atoms with van der Waals surface area (Å²) in [5, 5.41) is 3.14. The van der Waals surface area contributed by atoms with Gasteiger partial charge in [0.05, 0.1) is 12.6 Å². The van der Waals surface area contributed by atoms with Crippen LogP contribution in [0.5, 0.6) is 5.75 Å². The Labute approximate surface area is 132 Å². The third kappa shape index (κ3) is 4.58. The normalized spacial score (nSPS) is 11.4. The molecule has 1 aromatic heterocycles. The molecule has 2 aromatic rings. The minimum Gasteiger partial charge on any atom is -0.491 e. The maximum atomic E-state index is 5.67. The summed E-state index contributed by atoms with van der Waals surface area (Å²) >= 11 is 0.